The smallest absolute Gasteiger partial charge is 0.238 e. The lowest BCUT2D eigenvalue weighted by atomic mass is 10.3. The highest BCUT2D eigenvalue weighted by molar-refractivity contribution is 7.90. The molecule has 0 bridgehead atoms. The van der Waals surface area contributed by atoms with Gasteiger partial charge in [0.15, 0.2) is 9.84 Å². The lowest BCUT2D eigenvalue weighted by Gasteiger charge is -2.05. The Hall–Kier alpha value is -1.66. The van der Waals surface area contributed by atoms with Crippen LogP contribution in [0.25, 0.3) is 0 Å². The molecule has 0 aliphatic carbocycles. The zero-order valence-electron chi connectivity index (χ0n) is 10.1. The Labute approximate surface area is 116 Å². The SMILES string of the molecule is CS(=O)(=O)c1ccc(Oc2cncc(CCl)n2)cc1. The summed E-state index contributed by atoms with van der Waals surface area (Å²) in [6.07, 6.45) is 4.16. The van der Waals surface area contributed by atoms with Crippen molar-refractivity contribution >= 4 is 21.4 Å². The van der Waals surface area contributed by atoms with Crippen molar-refractivity contribution in [3.8, 4) is 11.6 Å². The van der Waals surface area contributed by atoms with Gasteiger partial charge in [0.25, 0.3) is 0 Å². The van der Waals surface area contributed by atoms with Crippen LogP contribution in [-0.4, -0.2) is 24.6 Å². The minimum atomic E-state index is -3.20. The summed E-state index contributed by atoms with van der Waals surface area (Å²) >= 11 is 5.65. The zero-order chi connectivity index (χ0) is 13.9. The molecule has 0 fully saturated rings. The molecule has 0 amide bonds. The molecule has 1 aromatic heterocycles. The molecule has 0 saturated heterocycles. The molecule has 0 radical (unpaired) electrons. The molecular weight excluding hydrogens is 288 g/mol. The molecule has 1 aromatic carbocycles. The van der Waals surface area contributed by atoms with E-state index >= 15 is 0 Å². The fourth-order valence-electron chi connectivity index (χ4n) is 1.38. The van der Waals surface area contributed by atoms with Crippen LogP contribution in [0.5, 0.6) is 11.6 Å². The number of benzene rings is 1. The standard InChI is InChI=1S/C12H11ClN2O3S/c1-19(16,17)11-4-2-10(3-5-11)18-12-8-14-7-9(6-13)15-12/h2-5,7-8H,6H2,1H3. The highest BCUT2D eigenvalue weighted by atomic mass is 35.5. The molecule has 2 aromatic rings. The van der Waals surface area contributed by atoms with Crippen LogP contribution in [-0.2, 0) is 15.7 Å². The number of hydrogen-bond acceptors (Lipinski definition) is 5. The molecule has 1 heterocycles. The van der Waals surface area contributed by atoms with Crippen molar-refractivity contribution in [3.05, 3.63) is 42.4 Å². The maximum Gasteiger partial charge on any atom is 0.238 e. The summed E-state index contributed by atoms with van der Waals surface area (Å²) in [7, 11) is -3.20. The van der Waals surface area contributed by atoms with Gasteiger partial charge < -0.3 is 4.74 Å². The quantitative estimate of drug-likeness (QED) is 0.811. The average Bonchev–Trinajstić information content (AvgIpc) is 2.38. The third-order valence-corrected chi connectivity index (χ3v) is 3.68. The Morgan fingerprint density at radius 1 is 1.21 bits per heavy atom. The molecule has 0 spiro atoms. The van der Waals surface area contributed by atoms with Crippen molar-refractivity contribution in [1.29, 1.82) is 0 Å². The van der Waals surface area contributed by atoms with Gasteiger partial charge in [-0.2, -0.15) is 0 Å². The van der Waals surface area contributed by atoms with Crippen LogP contribution < -0.4 is 4.74 Å². The van der Waals surface area contributed by atoms with Crippen LogP contribution in [0.1, 0.15) is 5.69 Å². The molecule has 19 heavy (non-hydrogen) atoms. The van der Waals surface area contributed by atoms with Crippen LogP contribution in [0.2, 0.25) is 0 Å². The molecule has 7 heteroatoms. The first kappa shape index (κ1) is 13.8. The van der Waals surface area contributed by atoms with Crippen LogP contribution in [0.15, 0.2) is 41.6 Å². The van der Waals surface area contributed by atoms with E-state index in [1.807, 2.05) is 0 Å². The van der Waals surface area contributed by atoms with Gasteiger partial charge in [0.2, 0.25) is 5.88 Å². The molecule has 0 saturated carbocycles. The summed E-state index contributed by atoms with van der Waals surface area (Å²) in [4.78, 5) is 8.30. The summed E-state index contributed by atoms with van der Waals surface area (Å²) in [6, 6.07) is 6.07. The van der Waals surface area contributed by atoms with Crippen LogP contribution in [0, 0.1) is 0 Å². The van der Waals surface area contributed by atoms with Crippen LogP contribution in [0.4, 0.5) is 0 Å². The molecule has 0 atom stereocenters. The van der Waals surface area contributed by atoms with Gasteiger partial charge in [-0.25, -0.2) is 13.4 Å². The molecule has 0 aliphatic rings. The van der Waals surface area contributed by atoms with Gasteiger partial charge in [0.1, 0.15) is 5.75 Å². The van der Waals surface area contributed by atoms with E-state index < -0.39 is 9.84 Å². The molecule has 5 nitrogen and oxygen atoms in total. The van der Waals surface area contributed by atoms with Gasteiger partial charge >= 0.3 is 0 Å². The van der Waals surface area contributed by atoms with E-state index in [0.717, 1.165) is 6.26 Å². The first-order valence-electron chi connectivity index (χ1n) is 5.34. The zero-order valence-corrected chi connectivity index (χ0v) is 11.6. The predicted molar refractivity (Wildman–Crippen MR) is 71.2 cm³/mol. The van der Waals surface area contributed by atoms with Crippen molar-refractivity contribution in [1.82, 2.24) is 9.97 Å². The predicted octanol–water partition coefficient (Wildman–Crippen LogP) is 2.41. The number of halogens is 1. The Kier molecular flexibility index (Phi) is 4.01. The van der Waals surface area contributed by atoms with Crippen molar-refractivity contribution in [3.63, 3.8) is 0 Å². The summed E-state index contributed by atoms with van der Waals surface area (Å²) in [5.41, 5.74) is 0.604. The van der Waals surface area contributed by atoms with E-state index in [1.54, 1.807) is 18.3 Å². The fraction of sp³-hybridized carbons (Fsp3) is 0.167. The third kappa shape index (κ3) is 3.65. The second kappa shape index (κ2) is 5.54. The molecule has 0 unspecified atom stereocenters. The van der Waals surface area contributed by atoms with Crippen molar-refractivity contribution in [2.45, 2.75) is 10.8 Å². The fourth-order valence-corrected chi connectivity index (χ4v) is 2.13. The monoisotopic (exact) mass is 298 g/mol. The second-order valence-corrected chi connectivity index (χ2v) is 6.11. The first-order valence-corrected chi connectivity index (χ1v) is 7.76. The van der Waals surface area contributed by atoms with Crippen molar-refractivity contribution in [2.24, 2.45) is 0 Å². The van der Waals surface area contributed by atoms with Gasteiger partial charge in [-0.3, -0.25) is 4.98 Å². The summed E-state index contributed by atoms with van der Waals surface area (Å²) in [6.45, 7) is 0. The number of ether oxygens (including phenoxy) is 1. The number of alkyl halides is 1. The van der Waals surface area contributed by atoms with E-state index in [2.05, 4.69) is 9.97 Å². The minimum absolute atomic E-state index is 0.237. The number of aromatic nitrogens is 2. The van der Waals surface area contributed by atoms with Crippen molar-refractivity contribution in [2.75, 3.05) is 6.26 Å². The Morgan fingerprint density at radius 3 is 2.47 bits per heavy atom. The molecular formula is C12H11ClN2O3S. The number of rotatable bonds is 4. The lowest BCUT2D eigenvalue weighted by Crippen LogP contribution is -1.97. The maximum absolute atomic E-state index is 11.3. The second-order valence-electron chi connectivity index (χ2n) is 3.83. The Balaban J connectivity index is 2.19. The Bertz CT molecular complexity index is 672. The largest absolute Gasteiger partial charge is 0.437 e. The normalized spacial score (nSPS) is 11.3. The van der Waals surface area contributed by atoms with Gasteiger partial charge in [0.05, 0.1) is 22.7 Å². The molecule has 0 aliphatic heterocycles. The highest BCUT2D eigenvalue weighted by Crippen LogP contribution is 2.21. The van der Waals surface area contributed by atoms with Gasteiger partial charge in [0, 0.05) is 12.5 Å². The summed E-state index contributed by atoms with van der Waals surface area (Å²) in [5.74, 6) is 1.04. The minimum Gasteiger partial charge on any atom is -0.437 e. The summed E-state index contributed by atoms with van der Waals surface area (Å²) < 4.78 is 28.1. The highest BCUT2D eigenvalue weighted by Gasteiger charge is 2.07. The number of sulfone groups is 1. The number of hydrogen-bond donors (Lipinski definition) is 0. The van der Waals surface area contributed by atoms with E-state index in [4.69, 9.17) is 16.3 Å². The molecule has 100 valence electrons. The Morgan fingerprint density at radius 2 is 1.89 bits per heavy atom. The first-order chi connectivity index (χ1) is 8.99. The molecule has 0 N–H and O–H groups in total. The van der Waals surface area contributed by atoms with Gasteiger partial charge in [-0.1, -0.05) is 0 Å². The van der Waals surface area contributed by atoms with Crippen LogP contribution in [0.3, 0.4) is 0 Å². The molecule has 2 rings (SSSR count). The van der Waals surface area contributed by atoms with Gasteiger partial charge in [-0.05, 0) is 24.3 Å². The van der Waals surface area contributed by atoms with E-state index in [1.165, 1.54) is 18.3 Å². The lowest BCUT2D eigenvalue weighted by molar-refractivity contribution is 0.458. The maximum atomic E-state index is 11.3. The third-order valence-electron chi connectivity index (χ3n) is 2.27. The van der Waals surface area contributed by atoms with Crippen LogP contribution >= 0.6 is 11.6 Å². The topological polar surface area (TPSA) is 69.2 Å². The van der Waals surface area contributed by atoms with E-state index in [9.17, 15) is 8.42 Å². The average molecular weight is 299 g/mol. The summed E-state index contributed by atoms with van der Waals surface area (Å²) in [5, 5.41) is 0. The van der Waals surface area contributed by atoms with Crippen molar-refractivity contribution < 1.29 is 13.2 Å². The van der Waals surface area contributed by atoms with E-state index in [0.29, 0.717) is 17.3 Å². The van der Waals surface area contributed by atoms with Gasteiger partial charge in [-0.15, -0.1) is 11.6 Å². The number of nitrogens with zero attached hydrogens (tertiary/aromatic N) is 2. The van der Waals surface area contributed by atoms with E-state index in [-0.39, 0.29) is 10.8 Å².